The third-order valence-corrected chi connectivity index (χ3v) is 8.47. The number of Topliss-reactive ketones (excluding diaryl/α,β-unsaturated/α-hetero) is 1. The quantitative estimate of drug-likeness (QED) is 0.167. The molecule has 0 aliphatic carbocycles. The van der Waals surface area contributed by atoms with Gasteiger partial charge in [0.15, 0.2) is 10.7 Å². The van der Waals surface area contributed by atoms with Gasteiger partial charge in [0.25, 0.3) is 11.6 Å². The summed E-state index contributed by atoms with van der Waals surface area (Å²) in [5, 5.41) is 22.3. The number of nitro groups is 1. The highest BCUT2D eigenvalue weighted by molar-refractivity contribution is 7.19. The molecule has 0 saturated heterocycles. The molecule has 0 spiro atoms. The number of amides is 1. The average Bonchev–Trinajstić information content (AvgIpc) is 3.55. The minimum atomic E-state index is -0.868. The van der Waals surface area contributed by atoms with E-state index in [1.165, 1.54) is 28.4 Å². The lowest BCUT2D eigenvalue weighted by Gasteiger charge is -2.28. The van der Waals surface area contributed by atoms with Crippen molar-refractivity contribution in [2.75, 3.05) is 26.2 Å². The van der Waals surface area contributed by atoms with Crippen LogP contribution in [0.3, 0.4) is 0 Å². The lowest BCUT2D eigenvalue weighted by molar-refractivity contribution is -0.384. The number of nitro benzene ring substituents is 1. The van der Waals surface area contributed by atoms with E-state index in [1.807, 2.05) is 35.6 Å². The van der Waals surface area contributed by atoms with Crippen LogP contribution < -0.4 is 0 Å². The number of hydrogen-bond acceptors (Lipinski definition) is 8. The van der Waals surface area contributed by atoms with Crippen LogP contribution in [-0.2, 0) is 4.79 Å². The van der Waals surface area contributed by atoms with E-state index >= 15 is 0 Å². The molecule has 5 rings (SSSR count). The topological polar surface area (TPSA) is 121 Å². The zero-order chi connectivity index (χ0) is 27.8. The number of fused-ring (bicyclic) bond motifs is 3. The molecule has 1 aliphatic heterocycles. The fourth-order valence-electron chi connectivity index (χ4n) is 5.24. The first-order valence-corrected chi connectivity index (χ1v) is 13.7. The first kappa shape index (κ1) is 26.5. The van der Waals surface area contributed by atoms with Gasteiger partial charge in [-0.25, -0.2) is 4.98 Å². The van der Waals surface area contributed by atoms with E-state index in [0.29, 0.717) is 34.1 Å². The second-order valence-corrected chi connectivity index (χ2v) is 10.4. The smallest absolute Gasteiger partial charge is 0.290 e. The SMILES string of the molecule is CCN(CC)CCCN1C(=O)C(O)=C(C(=O)c2sc3nc4ccccc4n3c2C)C1c1ccc([N+](=O)[O-])cc1. The minimum absolute atomic E-state index is 0.0198. The van der Waals surface area contributed by atoms with Crippen molar-refractivity contribution in [2.24, 2.45) is 0 Å². The summed E-state index contributed by atoms with van der Waals surface area (Å²) in [4.78, 5) is 47.5. The minimum Gasteiger partial charge on any atom is -0.503 e. The Kier molecular flexibility index (Phi) is 7.19. The van der Waals surface area contributed by atoms with E-state index in [1.54, 1.807) is 12.1 Å². The number of aryl methyl sites for hydroxylation is 1. The van der Waals surface area contributed by atoms with Crippen LogP contribution in [0.5, 0.6) is 0 Å². The van der Waals surface area contributed by atoms with Gasteiger partial charge in [-0.15, -0.1) is 0 Å². The Morgan fingerprint density at radius 3 is 2.51 bits per heavy atom. The number of hydrogen-bond donors (Lipinski definition) is 1. The van der Waals surface area contributed by atoms with Crippen molar-refractivity contribution < 1.29 is 19.6 Å². The van der Waals surface area contributed by atoms with Crippen molar-refractivity contribution in [3.8, 4) is 0 Å². The van der Waals surface area contributed by atoms with Gasteiger partial charge < -0.3 is 14.9 Å². The summed E-state index contributed by atoms with van der Waals surface area (Å²) in [7, 11) is 0. The van der Waals surface area contributed by atoms with Crippen LogP contribution in [0, 0.1) is 17.0 Å². The number of rotatable bonds is 10. The molecule has 1 N–H and O–H groups in total. The van der Waals surface area contributed by atoms with Crippen LogP contribution in [0.15, 0.2) is 59.9 Å². The summed E-state index contributed by atoms with van der Waals surface area (Å²) >= 11 is 1.21. The van der Waals surface area contributed by atoms with E-state index in [2.05, 4.69) is 23.7 Å². The molecular weight excluding hydrogens is 518 g/mol. The zero-order valence-electron chi connectivity index (χ0n) is 22.0. The van der Waals surface area contributed by atoms with Crippen molar-refractivity contribution >= 4 is 44.7 Å². The van der Waals surface area contributed by atoms with Crippen molar-refractivity contribution in [3.05, 3.63) is 86.1 Å². The van der Waals surface area contributed by atoms with Crippen LogP contribution >= 0.6 is 11.3 Å². The average molecular weight is 548 g/mol. The molecule has 1 atom stereocenters. The summed E-state index contributed by atoms with van der Waals surface area (Å²) in [6.07, 6.45) is 0.642. The van der Waals surface area contributed by atoms with E-state index in [-0.39, 0.29) is 11.3 Å². The Hall–Kier alpha value is -4.09. The van der Waals surface area contributed by atoms with Crippen molar-refractivity contribution in [2.45, 2.75) is 33.2 Å². The van der Waals surface area contributed by atoms with E-state index in [9.17, 15) is 24.8 Å². The highest BCUT2D eigenvalue weighted by Gasteiger charge is 2.44. The van der Waals surface area contributed by atoms with Crippen molar-refractivity contribution in [1.29, 1.82) is 0 Å². The molecule has 10 nitrogen and oxygen atoms in total. The molecule has 1 aliphatic rings. The third kappa shape index (κ3) is 4.57. The van der Waals surface area contributed by atoms with Gasteiger partial charge in [-0.3, -0.25) is 24.1 Å². The Bertz CT molecular complexity index is 1620. The molecule has 39 heavy (non-hydrogen) atoms. The number of non-ortho nitro benzene ring substituents is 1. The number of thiazole rings is 1. The second kappa shape index (κ2) is 10.6. The Morgan fingerprint density at radius 1 is 1.15 bits per heavy atom. The summed E-state index contributed by atoms with van der Waals surface area (Å²) in [6, 6.07) is 12.5. The lowest BCUT2D eigenvalue weighted by atomic mass is 9.94. The molecule has 202 valence electrons. The molecule has 1 unspecified atom stereocenters. The van der Waals surface area contributed by atoms with Crippen LogP contribution in [0.2, 0.25) is 0 Å². The molecule has 1 amide bonds. The second-order valence-electron chi connectivity index (χ2n) is 9.46. The number of benzene rings is 2. The summed E-state index contributed by atoms with van der Waals surface area (Å²) in [6.45, 7) is 8.77. The molecule has 2 aromatic carbocycles. The predicted molar refractivity (Wildman–Crippen MR) is 149 cm³/mol. The number of imidazole rings is 1. The standard InChI is InChI=1S/C28H29N5O5S/c1-4-30(5-2)15-8-16-31-23(18-11-13-19(14-12-18)33(37)38)22(25(35)27(31)36)24(34)26-17(3)32-21-10-7-6-9-20(21)29-28(32)39-26/h6-7,9-14,23,35H,4-5,8,15-16H2,1-3H3. The number of carbonyl (C=O) groups excluding carboxylic acids is 2. The van der Waals surface area contributed by atoms with E-state index in [0.717, 1.165) is 30.7 Å². The molecule has 0 bridgehead atoms. The van der Waals surface area contributed by atoms with E-state index in [4.69, 9.17) is 0 Å². The Morgan fingerprint density at radius 2 is 1.85 bits per heavy atom. The fraction of sp³-hybridized carbons (Fsp3) is 0.321. The van der Waals surface area contributed by atoms with Gasteiger partial charge in [0.2, 0.25) is 5.78 Å². The maximum atomic E-state index is 14.1. The van der Waals surface area contributed by atoms with Crippen molar-refractivity contribution in [1.82, 2.24) is 19.2 Å². The summed E-state index contributed by atoms with van der Waals surface area (Å²) in [5.74, 6) is -1.65. The molecule has 0 fully saturated rings. The maximum Gasteiger partial charge on any atom is 0.290 e. The van der Waals surface area contributed by atoms with Gasteiger partial charge in [-0.05, 0) is 62.8 Å². The number of aliphatic hydroxyl groups excluding tert-OH is 1. The number of carbonyl (C=O) groups is 2. The number of ketones is 1. The van der Waals surface area contributed by atoms with E-state index < -0.39 is 28.4 Å². The third-order valence-electron chi connectivity index (χ3n) is 7.33. The van der Waals surface area contributed by atoms with Crippen LogP contribution in [0.25, 0.3) is 16.0 Å². The van der Waals surface area contributed by atoms with Gasteiger partial charge in [0.1, 0.15) is 0 Å². The van der Waals surface area contributed by atoms with Crippen molar-refractivity contribution in [3.63, 3.8) is 0 Å². The molecule has 3 heterocycles. The zero-order valence-corrected chi connectivity index (χ0v) is 22.8. The fourth-order valence-corrected chi connectivity index (χ4v) is 6.34. The largest absolute Gasteiger partial charge is 0.503 e. The molecule has 0 radical (unpaired) electrons. The Balaban J connectivity index is 1.55. The summed E-state index contributed by atoms with van der Waals surface area (Å²) < 4.78 is 1.91. The number of nitrogens with zero attached hydrogens (tertiary/aromatic N) is 5. The highest BCUT2D eigenvalue weighted by atomic mass is 32.1. The van der Waals surface area contributed by atoms with Gasteiger partial charge in [-0.2, -0.15) is 0 Å². The first-order valence-electron chi connectivity index (χ1n) is 12.9. The number of aromatic nitrogens is 2. The molecule has 2 aromatic heterocycles. The Labute approximate surface area is 228 Å². The van der Waals surface area contributed by atoms with Gasteiger partial charge in [0.05, 0.1) is 32.4 Å². The monoisotopic (exact) mass is 547 g/mol. The van der Waals surface area contributed by atoms with Gasteiger partial charge in [-0.1, -0.05) is 37.3 Å². The molecule has 4 aromatic rings. The van der Waals surface area contributed by atoms with Crippen LogP contribution in [-0.4, -0.2) is 67.1 Å². The highest BCUT2D eigenvalue weighted by Crippen LogP contribution is 2.41. The first-order chi connectivity index (χ1) is 18.8. The molecular formula is C28H29N5O5S. The molecule has 0 saturated carbocycles. The maximum absolute atomic E-state index is 14.1. The predicted octanol–water partition coefficient (Wildman–Crippen LogP) is 5.08. The number of para-hydroxylation sites is 2. The van der Waals surface area contributed by atoms with Crippen LogP contribution in [0.4, 0.5) is 5.69 Å². The molecule has 11 heteroatoms. The van der Waals surface area contributed by atoms with Crippen LogP contribution in [0.1, 0.15) is 47.2 Å². The summed E-state index contributed by atoms with van der Waals surface area (Å²) in [5.41, 5.74) is 2.75. The number of aliphatic hydroxyl groups is 1. The lowest BCUT2D eigenvalue weighted by Crippen LogP contribution is -2.34. The van der Waals surface area contributed by atoms with Gasteiger partial charge in [0, 0.05) is 24.4 Å². The van der Waals surface area contributed by atoms with Gasteiger partial charge >= 0.3 is 0 Å². The normalized spacial score (nSPS) is 15.8.